The molecule has 2 amide bonds. The standard InChI is InChI=1S/C15H20N2O3/c1-3-9-16(4-2)15(20)17-12-8-6-5-7-11(12)10-13(17)14(18)19/h5-8,13H,3-4,9-10H2,1-2H3,(H,18,19). The Kier molecular flexibility index (Phi) is 4.27. The Balaban J connectivity index is 2.35. The zero-order valence-corrected chi connectivity index (χ0v) is 11.9. The van der Waals surface area contributed by atoms with Crippen molar-refractivity contribution >= 4 is 17.7 Å². The molecule has 1 unspecified atom stereocenters. The van der Waals surface area contributed by atoms with Gasteiger partial charge in [-0.15, -0.1) is 0 Å². The summed E-state index contributed by atoms with van der Waals surface area (Å²) in [5.41, 5.74) is 1.64. The van der Waals surface area contributed by atoms with Gasteiger partial charge in [0.15, 0.2) is 0 Å². The van der Waals surface area contributed by atoms with E-state index in [-0.39, 0.29) is 6.03 Å². The van der Waals surface area contributed by atoms with Crippen LogP contribution in [-0.4, -0.2) is 41.1 Å². The van der Waals surface area contributed by atoms with Gasteiger partial charge < -0.3 is 10.0 Å². The number of hydrogen-bond donors (Lipinski definition) is 1. The maximum Gasteiger partial charge on any atom is 0.327 e. The van der Waals surface area contributed by atoms with Gasteiger partial charge in [-0.1, -0.05) is 25.1 Å². The maximum absolute atomic E-state index is 12.6. The quantitative estimate of drug-likeness (QED) is 0.918. The number of carboxylic acids is 1. The lowest BCUT2D eigenvalue weighted by atomic mass is 10.1. The smallest absolute Gasteiger partial charge is 0.327 e. The van der Waals surface area contributed by atoms with Crippen molar-refractivity contribution in [2.45, 2.75) is 32.7 Å². The maximum atomic E-state index is 12.6. The summed E-state index contributed by atoms with van der Waals surface area (Å²) in [6.07, 6.45) is 1.23. The van der Waals surface area contributed by atoms with Gasteiger partial charge >= 0.3 is 12.0 Å². The largest absolute Gasteiger partial charge is 0.480 e. The van der Waals surface area contributed by atoms with Crippen LogP contribution in [0, 0.1) is 0 Å². The molecule has 1 aromatic rings. The number of urea groups is 1. The highest BCUT2D eigenvalue weighted by Gasteiger charge is 2.39. The second-order valence-electron chi connectivity index (χ2n) is 4.92. The summed E-state index contributed by atoms with van der Waals surface area (Å²) < 4.78 is 0. The minimum atomic E-state index is -0.956. The highest BCUT2D eigenvalue weighted by Crippen LogP contribution is 2.33. The van der Waals surface area contributed by atoms with Gasteiger partial charge in [-0.2, -0.15) is 0 Å². The first kappa shape index (κ1) is 14.4. The van der Waals surface area contributed by atoms with Crippen molar-refractivity contribution in [2.24, 2.45) is 0 Å². The van der Waals surface area contributed by atoms with Crippen LogP contribution in [0.5, 0.6) is 0 Å². The van der Waals surface area contributed by atoms with Gasteiger partial charge in [0.2, 0.25) is 0 Å². The van der Waals surface area contributed by atoms with Crippen molar-refractivity contribution in [1.82, 2.24) is 4.90 Å². The molecule has 5 heteroatoms. The molecule has 0 bridgehead atoms. The molecule has 1 heterocycles. The number of carbonyl (C=O) groups excluding carboxylic acids is 1. The number of hydrogen-bond acceptors (Lipinski definition) is 2. The second-order valence-corrected chi connectivity index (χ2v) is 4.92. The molecule has 0 fully saturated rings. The minimum absolute atomic E-state index is 0.216. The molecule has 0 saturated carbocycles. The number of amides is 2. The van der Waals surface area contributed by atoms with E-state index in [4.69, 9.17) is 0 Å². The Labute approximate surface area is 118 Å². The first-order chi connectivity index (χ1) is 9.60. The summed E-state index contributed by atoms with van der Waals surface area (Å²) in [5.74, 6) is -0.956. The highest BCUT2D eigenvalue weighted by atomic mass is 16.4. The molecular weight excluding hydrogens is 256 g/mol. The second kappa shape index (κ2) is 5.94. The molecule has 1 atom stereocenters. The van der Waals surface area contributed by atoms with Crippen molar-refractivity contribution < 1.29 is 14.7 Å². The Hall–Kier alpha value is -2.04. The van der Waals surface area contributed by atoms with E-state index in [0.29, 0.717) is 19.5 Å². The topological polar surface area (TPSA) is 60.9 Å². The van der Waals surface area contributed by atoms with E-state index in [1.165, 1.54) is 4.90 Å². The predicted octanol–water partition coefficient (Wildman–Crippen LogP) is 2.35. The van der Waals surface area contributed by atoms with Gasteiger partial charge in [0, 0.05) is 25.2 Å². The van der Waals surface area contributed by atoms with Crippen molar-refractivity contribution in [3.8, 4) is 0 Å². The number of carboxylic acid groups (broad SMARTS) is 1. The lowest BCUT2D eigenvalue weighted by molar-refractivity contribution is -0.138. The molecule has 1 aliphatic rings. The normalized spacial score (nSPS) is 16.9. The number of para-hydroxylation sites is 1. The SMILES string of the molecule is CCCN(CC)C(=O)N1c2ccccc2CC1C(=O)O. The average molecular weight is 276 g/mol. The van der Waals surface area contributed by atoms with Gasteiger partial charge in [0.05, 0.1) is 0 Å². The van der Waals surface area contributed by atoms with Crippen LogP contribution >= 0.6 is 0 Å². The molecule has 5 nitrogen and oxygen atoms in total. The van der Waals surface area contributed by atoms with E-state index >= 15 is 0 Å². The number of carbonyl (C=O) groups is 2. The van der Waals surface area contributed by atoms with Gasteiger partial charge in [0.1, 0.15) is 6.04 Å². The summed E-state index contributed by atoms with van der Waals surface area (Å²) in [7, 11) is 0. The molecule has 0 saturated heterocycles. The lowest BCUT2D eigenvalue weighted by Gasteiger charge is -2.30. The zero-order chi connectivity index (χ0) is 14.7. The summed E-state index contributed by atoms with van der Waals surface area (Å²) in [4.78, 5) is 27.2. The molecule has 0 aromatic heterocycles. The number of aliphatic carboxylic acids is 1. The Bertz CT molecular complexity index is 516. The molecule has 0 aliphatic carbocycles. The number of fused-ring (bicyclic) bond motifs is 1. The van der Waals surface area contributed by atoms with Crippen LogP contribution in [0.4, 0.5) is 10.5 Å². The third-order valence-corrected chi connectivity index (χ3v) is 3.61. The van der Waals surface area contributed by atoms with Gasteiger partial charge in [-0.05, 0) is 25.0 Å². The van der Waals surface area contributed by atoms with Crippen molar-refractivity contribution in [2.75, 3.05) is 18.0 Å². The first-order valence-electron chi connectivity index (χ1n) is 6.99. The zero-order valence-electron chi connectivity index (χ0n) is 11.9. The Morgan fingerprint density at radius 2 is 2.05 bits per heavy atom. The van der Waals surface area contributed by atoms with E-state index in [1.807, 2.05) is 38.1 Å². The molecule has 1 aliphatic heterocycles. The Morgan fingerprint density at radius 3 is 2.65 bits per heavy atom. The van der Waals surface area contributed by atoms with Crippen LogP contribution in [0.1, 0.15) is 25.8 Å². The Morgan fingerprint density at radius 1 is 1.35 bits per heavy atom. The summed E-state index contributed by atoms with van der Waals surface area (Å²) >= 11 is 0. The van der Waals surface area contributed by atoms with Crippen molar-refractivity contribution in [3.05, 3.63) is 29.8 Å². The molecule has 0 spiro atoms. The number of rotatable bonds is 4. The van der Waals surface area contributed by atoms with E-state index in [1.54, 1.807) is 4.90 Å². The van der Waals surface area contributed by atoms with Crippen LogP contribution in [-0.2, 0) is 11.2 Å². The molecular formula is C15H20N2O3. The molecule has 2 rings (SSSR count). The van der Waals surface area contributed by atoms with E-state index in [2.05, 4.69) is 0 Å². The van der Waals surface area contributed by atoms with Gasteiger partial charge in [0.25, 0.3) is 0 Å². The fraction of sp³-hybridized carbons (Fsp3) is 0.467. The molecule has 1 N–H and O–H groups in total. The third-order valence-electron chi connectivity index (χ3n) is 3.61. The fourth-order valence-electron chi connectivity index (χ4n) is 2.63. The van der Waals surface area contributed by atoms with Crippen LogP contribution in [0.3, 0.4) is 0 Å². The predicted molar refractivity (Wildman–Crippen MR) is 77.0 cm³/mol. The van der Waals surface area contributed by atoms with Crippen molar-refractivity contribution in [1.29, 1.82) is 0 Å². The molecule has 108 valence electrons. The fourth-order valence-corrected chi connectivity index (χ4v) is 2.63. The first-order valence-corrected chi connectivity index (χ1v) is 6.99. The third kappa shape index (κ3) is 2.48. The molecule has 20 heavy (non-hydrogen) atoms. The lowest BCUT2D eigenvalue weighted by Crippen LogP contribution is -2.49. The van der Waals surface area contributed by atoms with Crippen LogP contribution < -0.4 is 4.90 Å². The number of benzene rings is 1. The van der Waals surface area contributed by atoms with Crippen LogP contribution in [0.25, 0.3) is 0 Å². The van der Waals surface area contributed by atoms with Gasteiger partial charge in [-0.3, -0.25) is 4.90 Å². The summed E-state index contributed by atoms with van der Waals surface area (Å²) in [6.45, 7) is 5.13. The number of nitrogens with zero attached hydrogens (tertiary/aromatic N) is 2. The molecule has 0 radical (unpaired) electrons. The summed E-state index contributed by atoms with van der Waals surface area (Å²) in [6, 6.07) is 6.39. The van der Waals surface area contributed by atoms with Crippen LogP contribution in [0.2, 0.25) is 0 Å². The highest BCUT2D eigenvalue weighted by molar-refractivity contribution is 6.01. The summed E-state index contributed by atoms with van der Waals surface area (Å²) in [5, 5.41) is 9.38. The van der Waals surface area contributed by atoms with Crippen LogP contribution in [0.15, 0.2) is 24.3 Å². The monoisotopic (exact) mass is 276 g/mol. The molecule has 1 aromatic carbocycles. The van der Waals surface area contributed by atoms with E-state index < -0.39 is 12.0 Å². The van der Waals surface area contributed by atoms with E-state index in [9.17, 15) is 14.7 Å². The van der Waals surface area contributed by atoms with Crippen molar-refractivity contribution in [3.63, 3.8) is 0 Å². The van der Waals surface area contributed by atoms with E-state index in [0.717, 1.165) is 17.7 Å². The minimum Gasteiger partial charge on any atom is -0.480 e. The average Bonchev–Trinajstić information content (AvgIpc) is 2.83. The number of anilines is 1. The van der Waals surface area contributed by atoms with Gasteiger partial charge in [-0.25, -0.2) is 9.59 Å².